The van der Waals surface area contributed by atoms with Gasteiger partial charge < -0.3 is 9.84 Å². The zero-order valence-corrected chi connectivity index (χ0v) is 13.9. The first-order valence-electron chi connectivity index (χ1n) is 8.59. The molecule has 0 aromatic heterocycles. The number of carbonyl (C=O) groups excluding carboxylic acids is 2. The van der Waals surface area contributed by atoms with Crippen LogP contribution >= 0.6 is 0 Å². The SMILES string of the molecule is CCOC(=O)CCCCCC[C@@H]1C(=O)CC[C@@H]1C=CC(C)O. The predicted octanol–water partition coefficient (Wildman–Crippen LogP) is 3.42. The Morgan fingerprint density at radius 3 is 2.77 bits per heavy atom. The van der Waals surface area contributed by atoms with Gasteiger partial charge in [-0.1, -0.05) is 31.4 Å². The zero-order valence-electron chi connectivity index (χ0n) is 13.9. The van der Waals surface area contributed by atoms with Crippen molar-refractivity contribution in [2.24, 2.45) is 11.8 Å². The number of unbranched alkanes of at least 4 members (excludes halogenated alkanes) is 3. The van der Waals surface area contributed by atoms with Crippen molar-refractivity contribution in [2.45, 2.75) is 71.3 Å². The van der Waals surface area contributed by atoms with Gasteiger partial charge in [0, 0.05) is 18.8 Å². The number of aliphatic hydroxyl groups excluding tert-OH is 1. The Labute approximate surface area is 133 Å². The Bertz CT molecular complexity index is 373. The van der Waals surface area contributed by atoms with Crippen LogP contribution in [0, 0.1) is 11.8 Å². The molecule has 22 heavy (non-hydrogen) atoms. The molecule has 0 heterocycles. The minimum atomic E-state index is -0.445. The van der Waals surface area contributed by atoms with E-state index in [1.54, 1.807) is 13.0 Å². The molecular formula is C18H30O4. The summed E-state index contributed by atoms with van der Waals surface area (Å²) in [5.74, 6) is 0.672. The van der Waals surface area contributed by atoms with Crippen molar-refractivity contribution in [2.75, 3.05) is 6.61 Å². The summed E-state index contributed by atoms with van der Waals surface area (Å²) in [6.45, 7) is 3.99. The lowest BCUT2D eigenvalue weighted by Crippen LogP contribution is -2.13. The van der Waals surface area contributed by atoms with E-state index < -0.39 is 6.10 Å². The van der Waals surface area contributed by atoms with Crippen LogP contribution in [-0.4, -0.2) is 29.6 Å². The van der Waals surface area contributed by atoms with E-state index in [0.717, 1.165) is 38.5 Å². The Kier molecular flexibility index (Phi) is 9.05. The maximum atomic E-state index is 12.0. The topological polar surface area (TPSA) is 63.6 Å². The third-order valence-corrected chi connectivity index (χ3v) is 4.24. The van der Waals surface area contributed by atoms with E-state index in [-0.39, 0.29) is 11.9 Å². The molecule has 1 rings (SSSR count). The number of ketones is 1. The lowest BCUT2D eigenvalue weighted by molar-refractivity contribution is -0.143. The molecule has 0 amide bonds. The molecule has 1 aliphatic carbocycles. The molecule has 0 aromatic rings. The monoisotopic (exact) mass is 310 g/mol. The van der Waals surface area contributed by atoms with E-state index >= 15 is 0 Å². The Hall–Kier alpha value is -1.16. The molecule has 1 N–H and O–H groups in total. The number of aliphatic hydroxyl groups is 1. The van der Waals surface area contributed by atoms with E-state index in [9.17, 15) is 14.7 Å². The highest BCUT2D eigenvalue weighted by atomic mass is 16.5. The molecule has 0 radical (unpaired) electrons. The standard InChI is InChI=1S/C18H30O4/c1-3-22-18(21)9-7-5-4-6-8-16-15(11-10-14(2)19)12-13-17(16)20/h10-11,14-16,19H,3-9,12-13H2,1-2H3/t14?,15-,16-/m0/s1. The van der Waals surface area contributed by atoms with Gasteiger partial charge in [0.15, 0.2) is 0 Å². The van der Waals surface area contributed by atoms with Gasteiger partial charge in [-0.2, -0.15) is 0 Å². The van der Waals surface area contributed by atoms with Gasteiger partial charge in [-0.05, 0) is 39.0 Å². The van der Waals surface area contributed by atoms with Crippen LogP contribution in [0.5, 0.6) is 0 Å². The summed E-state index contributed by atoms with van der Waals surface area (Å²) < 4.78 is 4.89. The van der Waals surface area contributed by atoms with Gasteiger partial charge in [-0.3, -0.25) is 9.59 Å². The molecule has 3 atom stereocenters. The Morgan fingerprint density at radius 2 is 2.09 bits per heavy atom. The number of allylic oxidation sites excluding steroid dienone is 1. The second kappa shape index (κ2) is 10.5. The predicted molar refractivity (Wildman–Crippen MR) is 86.4 cm³/mol. The lowest BCUT2D eigenvalue weighted by Gasteiger charge is -2.15. The van der Waals surface area contributed by atoms with Crippen LogP contribution in [-0.2, 0) is 14.3 Å². The van der Waals surface area contributed by atoms with Crippen molar-refractivity contribution < 1.29 is 19.4 Å². The summed E-state index contributed by atoms with van der Waals surface area (Å²) in [5, 5.41) is 9.31. The first-order valence-corrected chi connectivity index (χ1v) is 8.59. The quantitative estimate of drug-likeness (QED) is 0.381. The second-order valence-electron chi connectivity index (χ2n) is 6.16. The molecular weight excluding hydrogens is 280 g/mol. The Balaban J connectivity index is 2.19. The summed E-state index contributed by atoms with van der Waals surface area (Å²) in [6, 6.07) is 0. The van der Waals surface area contributed by atoms with Crippen LogP contribution < -0.4 is 0 Å². The molecule has 0 aromatic carbocycles. The zero-order chi connectivity index (χ0) is 16.4. The summed E-state index contributed by atoms with van der Waals surface area (Å²) in [6.07, 6.45) is 10.3. The number of ether oxygens (including phenoxy) is 1. The Morgan fingerprint density at radius 1 is 1.36 bits per heavy atom. The minimum Gasteiger partial charge on any atom is -0.466 e. The van der Waals surface area contributed by atoms with Crippen LogP contribution in [0.15, 0.2) is 12.2 Å². The number of hydrogen-bond donors (Lipinski definition) is 1. The van der Waals surface area contributed by atoms with Gasteiger partial charge in [0.25, 0.3) is 0 Å². The third-order valence-electron chi connectivity index (χ3n) is 4.24. The molecule has 4 nitrogen and oxygen atoms in total. The minimum absolute atomic E-state index is 0.114. The van der Waals surface area contributed by atoms with Crippen molar-refractivity contribution >= 4 is 11.8 Å². The summed E-state index contributed by atoms with van der Waals surface area (Å²) in [4.78, 5) is 23.2. The second-order valence-corrected chi connectivity index (χ2v) is 6.16. The summed E-state index contributed by atoms with van der Waals surface area (Å²) >= 11 is 0. The number of rotatable bonds is 10. The maximum absolute atomic E-state index is 12.0. The van der Waals surface area contributed by atoms with Crippen molar-refractivity contribution in [1.29, 1.82) is 0 Å². The van der Waals surface area contributed by atoms with Crippen LogP contribution in [0.3, 0.4) is 0 Å². The van der Waals surface area contributed by atoms with Crippen molar-refractivity contribution in [1.82, 2.24) is 0 Å². The van der Waals surface area contributed by atoms with Crippen LogP contribution in [0.1, 0.15) is 65.2 Å². The largest absolute Gasteiger partial charge is 0.466 e. The van der Waals surface area contributed by atoms with Crippen LogP contribution in [0.4, 0.5) is 0 Å². The molecule has 1 unspecified atom stereocenters. The van der Waals surface area contributed by atoms with Gasteiger partial charge in [0.05, 0.1) is 12.7 Å². The van der Waals surface area contributed by atoms with Gasteiger partial charge >= 0.3 is 5.97 Å². The fourth-order valence-corrected chi connectivity index (χ4v) is 3.06. The highest BCUT2D eigenvalue weighted by molar-refractivity contribution is 5.83. The number of Topliss-reactive ketones (excluding diaryl/α,β-unsaturated/α-hetero) is 1. The average Bonchev–Trinajstić information content (AvgIpc) is 2.81. The maximum Gasteiger partial charge on any atom is 0.305 e. The van der Waals surface area contributed by atoms with E-state index in [1.165, 1.54) is 0 Å². The average molecular weight is 310 g/mol. The first kappa shape index (κ1) is 18.9. The van der Waals surface area contributed by atoms with E-state index in [1.807, 2.05) is 13.0 Å². The number of esters is 1. The summed E-state index contributed by atoms with van der Waals surface area (Å²) in [5.41, 5.74) is 0. The van der Waals surface area contributed by atoms with Gasteiger partial charge in [0.2, 0.25) is 0 Å². The molecule has 1 saturated carbocycles. The highest BCUT2D eigenvalue weighted by Gasteiger charge is 2.32. The molecule has 1 aliphatic rings. The molecule has 0 aliphatic heterocycles. The molecule has 0 saturated heterocycles. The van der Waals surface area contributed by atoms with Gasteiger partial charge in [0.1, 0.15) is 5.78 Å². The van der Waals surface area contributed by atoms with Crippen LogP contribution in [0.2, 0.25) is 0 Å². The van der Waals surface area contributed by atoms with Crippen molar-refractivity contribution in [3.63, 3.8) is 0 Å². The normalized spacial score (nSPS) is 23.1. The fourth-order valence-electron chi connectivity index (χ4n) is 3.06. The van der Waals surface area contributed by atoms with Crippen molar-refractivity contribution in [3.8, 4) is 0 Å². The first-order chi connectivity index (χ1) is 10.5. The highest BCUT2D eigenvalue weighted by Crippen LogP contribution is 2.33. The molecule has 0 bridgehead atoms. The molecule has 0 spiro atoms. The molecule has 1 fully saturated rings. The third kappa shape index (κ3) is 7.21. The lowest BCUT2D eigenvalue weighted by atomic mass is 9.89. The van der Waals surface area contributed by atoms with Gasteiger partial charge in [-0.15, -0.1) is 0 Å². The number of hydrogen-bond acceptors (Lipinski definition) is 4. The number of carbonyl (C=O) groups is 2. The van der Waals surface area contributed by atoms with E-state index in [0.29, 0.717) is 31.1 Å². The molecule has 126 valence electrons. The molecule has 4 heteroatoms. The van der Waals surface area contributed by atoms with Gasteiger partial charge in [-0.25, -0.2) is 0 Å². The van der Waals surface area contributed by atoms with E-state index in [4.69, 9.17) is 4.74 Å². The smallest absolute Gasteiger partial charge is 0.305 e. The van der Waals surface area contributed by atoms with E-state index in [2.05, 4.69) is 0 Å². The summed E-state index contributed by atoms with van der Waals surface area (Å²) in [7, 11) is 0. The van der Waals surface area contributed by atoms with Crippen LogP contribution in [0.25, 0.3) is 0 Å². The van der Waals surface area contributed by atoms with Crippen molar-refractivity contribution in [3.05, 3.63) is 12.2 Å². The fraction of sp³-hybridized carbons (Fsp3) is 0.778.